The third-order valence-electron chi connectivity index (χ3n) is 4.20. The summed E-state index contributed by atoms with van der Waals surface area (Å²) in [5.41, 5.74) is 1.45. The quantitative estimate of drug-likeness (QED) is 0.690. The topological polar surface area (TPSA) is 23.5 Å². The molecule has 1 aliphatic carbocycles. The summed E-state index contributed by atoms with van der Waals surface area (Å²) < 4.78 is 0. The molecule has 106 valence electrons. The van der Waals surface area contributed by atoms with Gasteiger partial charge in [0.25, 0.3) is 0 Å². The molecular formula is C17H27NO. The van der Waals surface area contributed by atoms with E-state index in [1.165, 1.54) is 50.6 Å². The van der Waals surface area contributed by atoms with Crippen LogP contribution in [0.1, 0.15) is 44.1 Å². The molecule has 1 aromatic carbocycles. The number of unbranched alkanes of at least 4 members (excludes halogenated alkanes) is 1. The van der Waals surface area contributed by atoms with Crippen molar-refractivity contribution in [3.8, 4) is 0 Å². The number of aliphatic hydroxyl groups is 1. The maximum absolute atomic E-state index is 8.98. The first kappa shape index (κ1) is 14.5. The van der Waals surface area contributed by atoms with Crippen LogP contribution in [0.5, 0.6) is 0 Å². The number of rotatable bonds is 9. The summed E-state index contributed by atoms with van der Waals surface area (Å²) >= 11 is 0. The Bertz CT molecular complexity index is 334. The van der Waals surface area contributed by atoms with Crippen molar-refractivity contribution >= 4 is 0 Å². The first-order valence-electron chi connectivity index (χ1n) is 7.79. The molecule has 19 heavy (non-hydrogen) atoms. The Balaban J connectivity index is 1.64. The summed E-state index contributed by atoms with van der Waals surface area (Å²) in [5.74, 6) is 0. The minimum atomic E-state index is 0.327. The van der Waals surface area contributed by atoms with Crippen molar-refractivity contribution in [3.05, 3.63) is 35.9 Å². The number of hydrogen-bond donors (Lipinski definition) is 1. The molecule has 1 N–H and O–H groups in total. The number of hydrogen-bond acceptors (Lipinski definition) is 2. The van der Waals surface area contributed by atoms with Crippen molar-refractivity contribution < 1.29 is 5.11 Å². The monoisotopic (exact) mass is 261 g/mol. The fourth-order valence-corrected chi connectivity index (χ4v) is 2.79. The summed E-state index contributed by atoms with van der Waals surface area (Å²) in [6.45, 7) is 2.61. The van der Waals surface area contributed by atoms with Crippen LogP contribution in [0.2, 0.25) is 0 Å². The molecule has 0 atom stereocenters. The highest BCUT2D eigenvalue weighted by atomic mass is 16.3. The van der Waals surface area contributed by atoms with E-state index in [-0.39, 0.29) is 0 Å². The van der Waals surface area contributed by atoms with Crippen LogP contribution in [0.15, 0.2) is 30.3 Å². The van der Waals surface area contributed by atoms with E-state index < -0.39 is 0 Å². The Morgan fingerprint density at radius 3 is 2.37 bits per heavy atom. The second-order valence-electron chi connectivity index (χ2n) is 5.64. The third kappa shape index (κ3) is 4.96. The van der Waals surface area contributed by atoms with Gasteiger partial charge in [-0.15, -0.1) is 0 Å². The van der Waals surface area contributed by atoms with Gasteiger partial charge in [-0.05, 0) is 50.6 Å². The maximum atomic E-state index is 8.98. The zero-order chi connectivity index (χ0) is 13.3. The molecule has 1 aromatic rings. The number of benzene rings is 1. The van der Waals surface area contributed by atoms with Crippen molar-refractivity contribution in [1.82, 2.24) is 4.90 Å². The highest BCUT2D eigenvalue weighted by Gasteiger charge is 2.23. The van der Waals surface area contributed by atoms with Crippen LogP contribution in [-0.2, 0) is 6.42 Å². The van der Waals surface area contributed by atoms with E-state index in [2.05, 4.69) is 35.2 Å². The zero-order valence-corrected chi connectivity index (χ0v) is 11.9. The van der Waals surface area contributed by atoms with Crippen LogP contribution in [0, 0.1) is 0 Å². The van der Waals surface area contributed by atoms with E-state index in [9.17, 15) is 0 Å². The predicted molar refractivity (Wildman–Crippen MR) is 80.3 cm³/mol. The van der Waals surface area contributed by atoms with Gasteiger partial charge in [0.05, 0.1) is 0 Å². The second kappa shape index (κ2) is 8.34. The molecule has 0 aromatic heterocycles. The van der Waals surface area contributed by atoms with E-state index in [0.717, 1.165) is 19.0 Å². The molecule has 2 rings (SSSR count). The average Bonchev–Trinajstić information content (AvgIpc) is 2.39. The minimum Gasteiger partial charge on any atom is -0.396 e. The van der Waals surface area contributed by atoms with Gasteiger partial charge in [-0.25, -0.2) is 0 Å². The van der Waals surface area contributed by atoms with E-state index in [1.54, 1.807) is 0 Å². The zero-order valence-electron chi connectivity index (χ0n) is 11.9. The van der Waals surface area contributed by atoms with Gasteiger partial charge in [-0.3, -0.25) is 0 Å². The van der Waals surface area contributed by atoms with Crippen LogP contribution in [0.4, 0.5) is 0 Å². The average molecular weight is 261 g/mol. The lowest BCUT2D eigenvalue weighted by molar-refractivity contribution is 0.114. The lowest BCUT2D eigenvalue weighted by Crippen LogP contribution is -2.41. The summed E-state index contributed by atoms with van der Waals surface area (Å²) in [5, 5.41) is 8.98. The number of nitrogens with zero attached hydrogens (tertiary/aromatic N) is 1. The molecule has 0 bridgehead atoms. The lowest BCUT2D eigenvalue weighted by Gasteiger charge is -2.37. The second-order valence-corrected chi connectivity index (χ2v) is 5.64. The van der Waals surface area contributed by atoms with Crippen molar-refractivity contribution in [2.24, 2.45) is 0 Å². The van der Waals surface area contributed by atoms with Gasteiger partial charge in [0, 0.05) is 19.2 Å². The molecule has 1 fully saturated rings. The fraction of sp³-hybridized carbons (Fsp3) is 0.647. The first-order chi connectivity index (χ1) is 9.40. The molecule has 1 saturated carbocycles. The van der Waals surface area contributed by atoms with Crippen molar-refractivity contribution in [2.75, 3.05) is 19.7 Å². The Morgan fingerprint density at radius 1 is 1.00 bits per heavy atom. The Hall–Kier alpha value is -0.860. The SMILES string of the molecule is OCCCN(CCCCc1ccccc1)C1CCC1. The van der Waals surface area contributed by atoms with Gasteiger partial charge in [-0.1, -0.05) is 36.8 Å². The van der Waals surface area contributed by atoms with Crippen molar-refractivity contribution in [1.29, 1.82) is 0 Å². The van der Waals surface area contributed by atoms with Gasteiger partial charge in [0.2, 0.25) is 0 Å². The van der Waals surface area contributed by atoms with Crippen LogP contribution in [-0.4, -0.2) is 35.7 Å². The summed E-state index contributed by atoms with van der Waals surface area (Å²) in [6, 6.07) is 11.6. The lowest BCUT2D eigenvalue weighted by atomic mass is 9.91. The molecule has 0 heterocycles. The predicted octanol–water partition coefficient (Wildman–Crippen LogP) is 3.25. The smallest absolute Gasteiger partial charge is 0.0443 e. The number of aliphatic hydroxyl groups excluding tert-OH is 1. The fourth-order valence-electron chi connectivity index (χ4n) is 2.79. The number of aryl methyl sites for hydroxylation is 1. The summed E-state index contributed by atoms with van der Waals surface area (Å²) in [4.78, 5) is 2.60. The van der Waals surface area contributed by atoms with Crippen molar-refractivity contribution in [3.63, 3.8) is 0 Å². The molecule has 0 amide bonds. The largest absolute Gasteiger partial charge is 0.396 e. The van der Waals surface area contributed by atoms with Crippen LogP contribution < -0.4 is 0 Å². The van der Waals surface area contributed by atoms with Gasteiger partial charge >= 0.3 is 0 Å². The van der Waals surface area contributed by atoms with E-state index in [4.69, 9.17) is 5.11 Å². The van der Waals surface area contributed by atoms with Crippen LogP contribution >= 0.6 is 0 Å². The molecular weight excluding hydrogens is 234 g/mol. The van der Waals surface area contributed by atoms with Crippen LogP contribution in [0.3, 0.4) is 0 Å². The molecule has 0 radical (unpaired) electrons. The highest BCUT2D eigenvalue weighted by Crippen LogP contribution is 2.25. The molecule has 0 unspecified atom stereocenters. The minimum absolute atomic E-state index is 0.327. The van der Waals surface area contributed by atoms with E-state index in [0.29, 0.717) is 6.61 Å². The molecule has 0 aliphatic heterocycles. The summed E-state index contributed by atoms with van der Waals surface area (Å²) in [6.07, 6.45) is 8.79. The third-order valence-corrected chi connectivity index (χ3v) is 4.20. The maximum Gasteiger partial charge on any atom is 0.0443 e. The van der Waals surface area contributed by atoms with Gasteiger partial charge in [0.1, 0.15) is 0 Å². The molecule has 1 aliphatic rings. The van der Waals surface area contributed by atoms with Gasteiger partial charge in [-0.2, -0.15) is 0 Å². The highest BCUT2D eigenvalue weighted by molar-refractivity contribution is 5.14. The van der Waals surface area contributed by atoms with Crippen molar-refractivity contribution in [2.45, 2.75) is 51.0 Å². The Morgan fingerprint density at radius 2 is 1.74 bits per heavy atom. The molecule has 2 heteroatoms. The molecule has 0 saturated heterocycles. The molecule has 0 spiro atoms. The van der Waals surface area contributed by atoms with E-state index in [1.807, 2.05) is 0 Å². The Kier molecular flexibility index (Phi) is 6.38. The van der Waals surface area contributed by atoms with E-state index >= 15 is 0 Å². The molecule has 2 nitrogen and oxygen atoms in total. The Labute approximate surface area is 117 Å². The van der Waals surface area contributed by atoms with Gasteiger partial charge in [0.15, 0.2) is 0 Å². The van der Waals surface area contributed by atoms with Crippen LogP contribution in [0.25, 0.3) is 0 Å². The standard InChI is InChI=1S/C17H27NO/c19-15-7-14-18(17-11-6-12-17)13-5-4-10-16-8-2-1-3-9-16/h1-3,8-9,17,19H,4-7,10-15H2. The van der Waals surface area contributed by atoms with Gasteiger partial charge < -0.3 is 10.0 Å². The first-order valence-corrected chi connectivity index (χ1v) is 7.79. The normalized spacial score (nSPS) is 15.7. The summed E-state index contributed by atoms with van der Waals surface area (Å²) in [7, 11) is 0.